The van der Waals surface area contributed by atoms with Crippen molar-refractivity contribution in [3.63, 3.8) is 0 Å². The number of hydrogen-bond acceptors (Lipinski definition) is 8. The molecule has 0 radical (unpaired) electrons. The van der Waals surface area contributed by atoms with Crippen LogP contribution in [0.2, 0.25) is 0 Å². The van der Waals surface area contributed by atoms with Crippen LogP contribution in [0.5, 0.6) is 0 Å². The van der Waals surface area contributed by atoms with E-state index in [1.54, 1.807) is 18.5 Å². The number of nitrogens with zero attached hydrogens (tertiary/aromatic N) is 9. The predicted octanol–water partition coefficient (Wildman–Crippen LogP) is 4.61. The van der Waals surface area contributed by atoms with Gasteiger partial charge in [-0.3, -0.25) is 33.8 Å². The molecule has 6 aromatic rings. The van der Waals surface area contributed by atoms with E-state index in [-0.39, 0.29) is 61.2 Å². The van der Waals surface area contributed by atoms with Crippen molar-refractivity contribution >= 4 is 5.78 Å². The summed E-state index contributed by atoms with van der Waals surface area (Å²) in [6, 6.07) is 13.1. The first-order chi connectivity index (χ1) is 28.7. The van der Waals surface area contributed by atoms with Crippen LogP contribution in [0.4, 0.5) is 39.5 Å². The van der Waals surface area contributed by atoms with Gasteiger partial charge in [0.25, 0.3) is 0 Å². The second-order valence-electron chi connectivity index (χ2n) is 11.6. The van der Waals surface area contributed by atoms with E-state index in [2.05, 4.69) is 30.2 Å². The fourth-order valence-corrected chi connectivity index (χ4v) is 4.68. The van der Waals surface area contributed by atoms with Crippen LogP contribution in [0.1, 0.15) is 66.5 Å². The molecular weight excluding hydrogens is 834 g/mol. The SMILES string of the molecule is CC(c1ccncc1)c1ccn(CC(F)(F)F)n1.O=C(c1ccncc1)c1ccn(CC(F)(F)F)n1.[2H]C([2H])([2H])C(O)(c1ccncc1)c1ccn(CC(F)(F)F)n1.[2H][C-]([2H])[2H].[Li+].[Zn]. The summed E-state index contributed by atoms with van der Waals surface area (Å²) in [5.74, 6) is -0.485. The predicted molar refractivity (Wildman–Crippen MR) is 184 cm³/mol. The maximum Gasteiger partial charge on any atom is 1.00 e. The smallest absolute Gasteiger partial charge is 0.379 e. The zero-order valence-electron chi connectivity index (χ0n) is 36.6. The summed E-state index contributed by atoms with van der Waals surface area (Å²) in [5.41, 5.74) is -1.03. The number of halogens is 9. The van der Waals surface area contributed by atoms with Crippen molar-refractivity contribution in [1.82, 2.24) is 44.3 Å². The molecule has 0 saturated heterocycles. The van der Waals surface area contributed by atoms with Gasteiger partial charge in [0.15, 0.2) is 0 Å². The molecule has 6 heterocycles. The molecule has 0 bridgehead atoms. The molecule has 0 aliphatic rings. The van der Waals surface area contributed by atoms with Gasteiger partial charge >= 0.3 is 37.4 Å². The normalized spacial score (nSPS) is 14.4. The zero-order valence-corrected chi connectivity index (χ0v) is 33.5. The molecule has 0 saturated carbocycles. The summed E-state index contributed by atoms with van der Waals surface area (Å²) in [5, 5.41) is 21.8. The number of ketones is 1. The van der Waals surface area contributed by atoms with E-state index in [1.165, 1.54) is 61.3 Å². The Bertz CT molecular complexity index is 2270. The number of carbonyl (C=O) groups excluding carboxylic acids is 1. The van der Waals surface area contributed by atoms with Crippen molar-refractivity contribution in [3.8, 4) is 0 Å². The van der Waals surface area contributed by atoms with Crippen molar-refractivity contribution in [3.05, 3.63) is 151 Å². The van der Waals surface area contributed by atoms with E-state index < -0.39 is 63.8 Å². The third-order valence-corrected chi connectivity index (χ3v) is 7.26. The van der Waals surface area contributed by atoms with E-state index >= 15 is 0 Å². The molecular formula is C36H35F9LiN9O2Zn. The van der Waals surface area contributed by atoms with Crippen molar-refractivity contribution in [2.24, 2.45) is 0 Å². The van der Waals surface area contributed by atoms with E-state index in [9.17, 15) is 49.4 Å². The number of carbonyl (C=O) groups is 1. The van der Waals surface area contributed by atoms with Gasteiger partial charge in [-0.1, -0.05) is 6.92 Å². The molecule has 58 heavy (non-hydrogen) atoms. The first-order valence-electron chi connectivity index (χ1n) is 18.7. The number of hydrogen-bond donors (Lipinski definition) is 1. The molecule has 6 rings (SSSR count). The van der Waals surface area contributed by atoms with Gasteiger partial charge in [-0.15, -0.1) is 0 Å². The van der Waals surface area contributed by atoms with Crippen LogP contribution in [0.3, 0.4) is 0 Å². The Morgan fingerprint density at radius 3 is 1.64 bits per heavy atom. The topological polar surface area (TPSA) is 129 Å². The number of aromatic nitrogens is 9. The van der Waals surface area contributed by atoms with Gasteiger partial charge in [0.1, 0.15) is 30.9 Å². The Morgan fingerprint density at radius 1 is 0.707 bits per heavy atom. The molecule has 0 aliphatic carbocycles. The van der Waals surface area contributed by atoms with Gasteiger partial charge < -0.3 is 12.5 Å². The van der Waals surface area contributed by atoms with Gasteiger partial charge in [0.2, 0.25) is 5.78 Å². The van der Waals surface area contributed by atoms with Gasteiger partial charge in [0.05, 0.1) is 11.4 Å². The summed E-state index contributed by atoms with van der Waals surface area (Å²) in [6.45, 7) is -4.67. The van der Waals surface area contributed by atoms with Gasteiger partial charge in [-0.25, -0.2) is 4.11 Å². The minimum atomic E-state index is -4.50. The Hall–Kier alpha value is -4.70. The summed E-state index contributed by atoms with van der Waals surface area (Å²) >= 11 is 0. The van der Waals surface area contributed by atoms with Gasteiger partial charge in [-0.05, 0) is 72.6 Å². The van der Waals surface area contributed by atoms with E-state index in [0.717, 1.165) is 28.7 Å². The molecule has 0 aromatic carbocycles. The Labute approximate surface area is 360 Å². The molecule has 0 spiro atoms. The molecule has 0 fully saturated rings. The fraction of sp³-hybridized carbons (Fsp3) is 0.278. The van der Waals surface area contributed by atoms with Crippen molar-refractivity contribution in [2.45, 2.75) is 63.5 Å². The van der Waals surface area contributed by atoms with Crippen LogP contribution in [0.15, 0.2) is 110 Å². The maximum absolute atomic E-state index is 12.4. The molecule has 0 amide bonds. The first kappa shape index (κ1) is 41.5. The van der Waals surface area contributed by atoms with Crippen molar-refractivity contribution in [1.29, 1.82) is 0 Å². The Balaban J connectivity index is 0.000000456. The van der Waals surface area contributed by atoms with Crippen LogP contribution in [0, 0.1) is 7.35 Å². The molecule has 1 N–H and O–H groups in total. The fourth-order valence-electron chi connectivity index (χ4n) is 4.68. The van der Waals surface area contributed by atoms with E-state index in [4.69, 9.17) is 8.22 Å². The molecule has 6 aromatic heterocycles. The second-order valence-corrected chi connectivity index (χ2v) is 11.6. The monoisotopic (exact) mass is 873 g/mol. The van der Waals surface area contributed by atoms with Crippen LogP contribution < -0.4 is 18.9 Å². The average molecular weight is 875 g/mol. The second kappa shape index (κ2) is 21.9. The molecule has 2 unspecified atom stereocenters. The quantitative estimate of drug-likeness (QED) is 0.0967. The van der Waals surface area contributed by atoms with Crippen LogP contribution in [-0.2, 0) is 44.7 Å². The van der Waals surface area contributed by atoms with E-state index in [0.29, 0.717) is 20.6 Å². The molecule has 22 heteroatoms. The largest absolute Gasteiger partial charge is 1.00 e. The molecule has 0 aliphatic heterocycles. The molecule has 2 atom stereocenters. The maximum atomic E-state index is 12.4. The minimum Gasteiger partial charge on any atom is -0.379 e. The number of aliphatic hydroxyl groups is 1. The number of pyridine rings is 3. The zero-order chi connectivity index (χ0) is 46.5. The molecule has 302 valence electrons. The third-order valence-electron chi connectivity index (χ3n) is 7.26. The van der Waals surface area contributed by atoms with Crippen LogP contribution >= 0.6 is 0 Å². The minimum absolute atomic E-state index is 0. The van der Waals surface area contributed by atoms with Crippen molar-refractivity contribution in [2.75, 3.05) is 0 Å². The first-order valence-corrected chi connectivity index (χ1v) is 15.7. The average Bonchev–Trinajstić information content (AvgIpc) is 3.95. The van der Waals surface area contributed by atoms with Crippen LogP contribution in [-0.4, -0.2) is 73.7 Å². The molecule has 11 nitrogen and oxygen atoms in total. The van der Waals surface area contributed by atoms with Crippen molar-refractivity contribution < 1.29 is 96.0 Å². The van der Waals surface area contributed by atoms with Gasteiger partial charge in [0, 0.05) is 90.8 Å². The Morgan fingerprint density at radius 2 is 1.14 bits per heavy atom. The third kappa shape index (κ3) is 16.3. The Kier molecular flexibility index (Phi) is 15.6. The van der Waals surface area contributed by atoms with E-state index in [1.807, 2.05) is 19.1 Å². The number of rotatable bonds is 9. The van der Waals surface area contributed by atoms with Gasteiger partial charge in [-0.2, -0.15) is 54.8 Å². The van der Waals surface area contributed by atoms with Crippen LogP contribution in [0.25, 0.3) is 0 Å². The summed E-state index contributed by atoms with van der Waals surface area (Å²) in [7, 11) is -0.833. The summed E-state index contributed by atoms with van der Waals surface area (Å²) in [6.07, 6.45) is -0.943. The standard InChI is InChI=1S/C12H12F3N3O.C12H12F3N3.C11H8F3N3O.CH3.Li.Zn/c1-11(19,9-2-5-16-6-3-9)10-4-7-18(17-10)8-12(13,14)15;1-9(10-2-5-16-6-3-10)11-4-7-18(17-11)8-12(13,14)15;12-11(13,14)7-17-6-3-9(16-17)10(18)8-1-4-15-5-2-8;;;/h2-7,19H,8H2,1H3;2-7,9H,8H2,1H3;1-6H,7H2;1H3;;/q;;;-1;+1;/i1D3;;;1D3;;. The summed E-state index contributed by atoms with van der Waals surface area (Å²) in [4.78, 5) is 23.2. The number of alkyl halides is 9. The summed E-state index contributed by atoms with van der Waals surface area (Å²) < 4.78 is 152.